The number of para-hydroxylation sites is 1. The Morgan fingerprint density at radius 3 is 2.36 bits per heavy atom. The Bertz CT molecular complexity index is 964. The lowest BCUT2D eigenvalue weighted by Gasteiger charge is -2.20. The Hall–Kier alpha value is -2.80. The fraction of sp³-hybridized carbons (Fsp3) is 0.167. The van der Waals surface area contributed by atoms with Crippen LogP contribution in [0.2, 0.25) is 0 Å². The molecule has 0 aliphatic heterocycles. The van der Waals surface area contributed by atoms with Crippen molar-refractivity contribution in [1.29, 1.82) is 0 Å². The van der Waals surface area contributed by atoms with Crippen LogP contribution in [0.15, 0.2) is 90.0 Å². The molecule has 0 saturated carbocycles. The SMILES string of the molecule is CC1=C(C)C(c2ccc3ccccc3c2CNc2ccccc2)C=C1. The first-order valence-electron chi connectivity index (χ1n) is 8.89. The Kier molecular flexibility index (Phi) is 4.15. The zero-order chi connectivity index (χ0) is 17.2. The van der Waals surface area contributed by atoms with Crippen LogP contribution in [0.1, 0.15) is 30.9 Å². The summed E-state index contributed by atoms with van der Waals surface area (Å²) in [6, 6.07) is 23.7. The maximum absolute atomic E-state index is 3.60. The third kappa shape index (κ3) is 2.98. The topological polar surface area (TPSA) is 12.0 Å². The van der Waals surface area contributed by atoms with Gasteiger partial charge in [-0.1, -0.05) is 77.9 Å². The molecule has 1 aliphatic carbocycles. The monoisotopic (exact) mass is 325 g/mol. The van der Waals surface area contributed by atoms with Gasteiger partial charge in [0.2, 0.25) is 0 Å². The molecule has 0 bridgehead atoms. The zero-order valence-electron chi connectivity index (χ0n) is 14.8. The highest BCUT2D eigenvalue weighted by atomic mass is 14.9. The van der Waals surface area contributed by atoms with E-state index in [9.17, 15) is 0 Å². The predicted octanol–water partition coefficient (Wildman–Crippen LogP) is 6.44. The van der Waals surface area contributed by atoms with E-state index < -0.39 is 0 Å². The van der Waals surface area contributed by atoms with E-state index in [4.69, 9.17) is 0 Å². The summed E-state index contributed by atoms with van der Waals surface area (Å²) in [6.45, 7) is 5.29. The number of nitrogens with one attached hydrogen (secondary N) is 1. The second-order valence-corrected chi connectivity index (χ2v) is 6.78. The molecule has 1 N–H and O–H groups in total. The first kappa shape index (κ1) is 15.7. The van der Waals surface area contributed by atoms with Crippen molar-refractivity contribution in [1.82, 2.24) is 0 Å². The summed E-state index contributed by atoms with van der Waals surface area (Å²) in [7, 11) is 0. The molecule has 0 aromatic heterocycles. The summed E-state index contributed by atoms with van der Waals surface area (Å²) in [5, 5.41) is 6.25. The highest BCUT2D eigenvalue weighted by Gasteiger charge is 2.20. The molecule has 0 amide bonds. The molecule has 0 radical (unpaired) electrons. The molecule has 4 rings (SSSR count). The van der Waals surface area contributed by atoms with Crippen molar-refractivity contribution in [2.24, 2.45) is 0 Å². The van der Waals surface area contributed by atoms with Crippen LogP contribution >= 0.6 is 0 Å². The number of anilines is 1. The number of allylic oxidation sites excluding steroid dienone is 4. The molecule has 1 heteroatoms. The summed E-state index contributed by atoms with van der Waals surface area (Å²) < 4.78 is 0. The van der Waals surface area contributed by atoms with Gasteiger partial charge in [-0.25, -0.2) is 0 Å². The smallest absolute Gasteiger partial charge is 0.0410 e. The minimum Gasteiger partial charge on any atom is -0.381 e. The average Bonchev–Trinajstić information content (AvgIpc) is 2.99. The first-order chi connectivity index (χ1) is 12.2. The van der Waals surface area contributed by atoms with Crippen LogP contribution in [0.3, 0.4) is 0 Å². The molecule has 1 atom stereocenters. The molecular formula is C24H23N. The van der Waals surface area contributed by atoms with E-state index in [2.05, 4.69) is 98.0 Å². The van der Waals surface area contributed by atoms with Crippen LogP contribution in [0.4, 0.5) is 5.69 Å². The molecule has 124 valence electrons. The highest BCUT2D eigenvalue weighted by Crippen LogP contribution is 2.37. The summed E-state index contributed by atoms with van der Waals surface area (Å²) in [4.78, 5) is 0. The number of hydrogen-bond acceptors (Lipinski definition) is 1. The third-order valence-corrected chi connectivity index (χ3v) is 5.28. The van der Waals surface area contributed by atoms with E-state index in [1.807, 2.05) is 0 Å². The number of hydrogen-bond donors (Lipinski definition) is 1. The van der Waals surface area contributed by atoms with E-state index in [0.717, 1.165) is 12.2 Å². The van der Waals surface area contributed by atoms with Crippen molar-refractivity contribution in [3.8, 4) is 0 Å². The van der Waals surface area contributed by atoms with E-state index in [1.165, 1.54) is 33.0 Å². The van der Waals surface area contributed by atoms with E-state index in [1.54, 1.807) is 0 Å². The lowest BCUT2D eigenvalue weighted by atomic mass is 9.87. The zero-order valence-corrected chi connectivity index (χ0v) is 14.8. The number of rotatable bonds is 4. The van der Waals surface area contributed by atoms with Crippen molar-refractivity contribution in [2.75, 3.05) is 5.32 Å². The van der Waals surface area contributed by atoms with Gasteiger partial charge in [0.25, 0.3) is 0 Å². The molecule has 3 aromatic rings. The van der Waals surface area contributed by atoms with Crippen LogP contribution in [0.5, 0.6) is 0 Å². The molecule has 0 fully saturated rings. The van der Waals surface area contributed by atoms with Gasteiger partial charge in [0.15, 0.2) is 0 Å². The summed E-state index contributed by atoms with van der Waals surface area (Å²) in [6.07, 6.45) is 4.59. The summed E-state index contributed by atoms with van der Waals surface area (Å²) in [5.41, 5.74) is 6.81. The second-order valence-electron chi connectivity index (χ2n) is 6.78. The fourth-order valence-electron chi connectivity index (χ4n) is 3.69. The molecule has 0 saturated heterocycles. The largest absolute Gasteiger partial charge is 0.381 e. The quantitative estimate of drug-likeness (QED) is 0.582. The van der Waals surface area contributed by atoms with Crippen LogP contribution in [0.25, 0.3) is 10.8 Å². The van der Waals surface area contributed by atoms with Gasteiger partial charge in [0, 0.05) is 18.2 Å². The lowest BCUT2D eigenvalue weighted by Crippen LogP contribution is -2.07. The van der Waals surface area contributed by atoms with Crippen LogP contribution in [-0.2, 0) is 6.54 Å². The summed E-state index contributed by atoms with van der Waals surface area (Å²) in [5.74, 6) is 0.386. The molecule has 1 unspecified atom stereocenters. The van der Waals surface area contributed by atoms with Gasteiger partial charge in [-0.3, -0.25) is 0 Å². The van der Waals surface area contributed by atoms with Gasteiger partial charge < -0.3 is 5.32 Å². The Morgan fingerprint density at radius 1 is 0.840 bits per heavy atom. The normalized spacial score (nSPS) is 16.6. The van der Waals surface area contributed by atoms with Crippen molar-refractivity contribution in [3.05, 3.63) is 101 Å². The van der Waals surface area contributed by atoms with Crippen molar-refractivity contribution >= 4 is 16.5 Å². The van der Waals surface area contributed by atoms with E-state index >= 15 is 0 Å². The van der Waals surface area contributed by atoms with Crippen LogP contribution in [0, 0.1) is 0 Å². The van der Waals surface area contributed by atoms with Crippen molar-refractivity contribution < 1.29 is 0 Å². The Labute approximate surface area is 149 Å². The maximum Gasteiger partial charge on any atom is 0.0410 e. The van der Waals surface area contributed by atoms with Crippen LogP contribution < -0.4 is 5.32 Å². The second kappa shape index (κ2) is 6.60. The van der Waals surface area contributed by atoms with Crippen molar-refractivity contribution in [2.45, 2.75) is 26.3 Å². The fourth-order valence-corrected chi connectivity index (χ4v) is 3.69. The van der Waals surface area contributed by atoms with Gasteiger partial charge in [0.05, 0.1) is 0 Å². The molecule has 0 heterocycles. The van der Waals surface area contributed by atoms with E-state index in [0.29, 0.717) is 5.92 Å². The lowest BCUT2D eigenvalue weighted by molar-refractivity contribution is 0.969. The number of fused-ring (bicyclic) bond motifs is 1. The van der Waals surface area contributed by atoms with Crippen LogP contribution in [-0.4, -0.2) is 0 Å². The molecule has 0 spiro atoms. The summed E-state index contributed by atoms with van der Waals surface area (Å²) >= 11 is 0. The highest BCUT2D eigenvalue weighted by molar-refractivity contribution is 5.87. The maximum atomic E-state index is 3.60. The standard InChI is InChI=1S/C24H23N/c1-17-12-14-21(18(17)2)23-15-13-19-8-6-7-11-22(19)24(23)16-25-20-9-4-3-5-10-20/h3-15,21,25H,16H2,1-2H3. The number of benzene rings is 3. The van der Waals surface area contributed by atoms with Gasteiger partial charge in [0.1, 0.15) is 0 Å². The molecule has 25 heavy (non-hydrogen) atoms. The molecule has 3 aromatic carbocycles. The molecule has 1 nitrogen and oxygen atoms in total. The first-order valence-corrected chi connectivity index (χ1v) is 8.89. The Balaban J connectivity index is 1.79. The van der Waals surface area contributed by atoms with Gasteiger partial charge in [-0.2, -0.15) is 0 Å². The minimum absolute atomic E-state index is 0.386. The third-order valence-electron chi connectivity index (χ3n) is 5.28. The van der Waals surface area contributed by atoms with Gasteiger partial charge >= 0.3 is 0 Å². The predicted molar refractivity (Wildman–Crippen MR) is 108 cm³/mol. The molecular weight excluding hydrogens is 302 g/mol. The minimum atomic E-state index is 0.386. The van der Waals surface area contributed by atoms with Gasteiger partial charge in [-0.15, -0.1) is 0 Å². The van der Waals surface area contributed by atoms with Gasteiger partial charge in [-0.05, 0) is 47.9 Å². The van der Waals surface area contributed by atoms with E-state index in [-0.39, 0.29) is 0 Å². The average molecular weight is 325 g/mol. The van der Waals surface area contributed by atoms with Crippen molar-refractivity contribution in [3.63, 3.8) is 0 Å². The Morgan fingerprint density at radius 2 is 1.60 bits per heavy atom. The molecule has 1 aliphatic rings.